The Morgan fingerprint density at radius 1 is 0.806 bits per heavy atom. The monoisotopic (exact) mass is 417 g/mol. The standard InChI is InChI=1S/C26H27NO4/c1-17-10-11-22(14-18(17)2)27-19(3)15-23(20(27)4)25(29)16-31-26(30)13-12-24(28)21-8-6-5-7-9-21/h5-11,14-15H,12-13,16H2,1-4H3. The van der Waals surface area contributed by atoms with Gasteiger partial charge in [0.2, 0.25) is 5.78 Å². The lowest BCUT2D eigenvalue weighted by atomic mass is 10.1. The van der Waals surface area contributed by atoms with E-state index in [1.807, 2.05) is 36.6 Å². The number of esters is 1. The lowest BCUT2D eigenvalue weighted by molar-refractivity contribution is -0.142. The van der Waals surface area contributed by atoms with Crippen molar-refractivity contribution < 1.29 is 19.1 Å². The first-order valence-corrected chi connectivity index (χ1v) is 10.3. The van der Waals surface area contributed by atoms with Gasteiger partial charge in [-0.15, -0.1) is 0 Å². The number of carbonyl (C=O) groups is 3. The zero-order chi connectivity index (χ0) is 22.5. The number of hydrogen-bond donors (Lipinski definition) is 0. The Labute approximate surface area is 182 Å². The van der Waals surface area contributed by atoms with Crippen molar-refractivity contribution in [2.75, 3.05) is 6.61 Å². The van der Waals surface area contributed by atoms with Gasteiger partial charge >= 0.3 is 5.97 Å². The maximum Gasteiger partial charge on any atom is 0.306 e. The van der Waals surface area contributed by atoms with E-state index < -0.39 is 5.97 Å². The van der Waals surface area contributed by atoms with Gasteiger partial charge in [-0.05, 0) is 57.0 Å². The van der Waals surface area contributed by atoms with Gasteiger partial charge in [0.15, 0.2) is 12.4 Å². The molecule has 0 aliphatic heterocycles. The highest BCUT2D eigenvalue weighted by Crippen LogP contribution is 2.23. The van der Waals surface area contributed by atoms with Gasteiger partial charge in [-0.2, -0.15) is 0 Å². The van der Waals surface area contributed by atoms with Gasteiger partial charge < -0.3 is 9.30 Å². The summed E-state index contributed by atoms with van der Waals surface area (Å²) in [6, 6.07) is 16.8. The molecule has 0 aliphatic rings. The molecule has 0 spiro atoms. The van der Waals surface area contributed by atoms with Crippen molar-refractivity contribution in [1.29, 1.82) is 0 Å². The van der Waals surface area contributed by atoms with E-state index in [1.165, 1.54) is 11.1 Å². The maximum atomic E-state index is 12.7. The highest BCUT2D eigenvalue weighted by molar-refractivity contribution is 6.00. The molecule has 3 rings (SSSR count). The smallest absolute Gasteiger partial charge is 0.306 e. The number of ketones is 2. The Morgan fingerprint density at radius 3 is 2.19 bits per heavy atom. The molecule has 0 saturated heterocycles. The largest absolute Gasteiger partial charge is 0.457 e. The van der Waals surface area contributed by atoms with Crippen LogP contribution in [-0.2, 0) is 9.53 Å². The minimum absolute atomic E-state index is 0.0529. The van der Waals surface area contributed by atoms with Gasteiger partial charge in [0.1, 0.15) is 0 Å². The number of nitrogens with zero attached hydrogens (tertiary/aromatic N) is 1. The van der Waals surface area contributed by atoms with Crippen molar-refractivity contribution in [2.24, 2.45) is 0 Å². The first-order valence-electron chi connectivity index (χ1n) is 10.3. The summed E-state index contributed by atoms with van der Waals surface area (Å²) in [4.78, 5) is 36.8. The molecule has 5 nitrogen and oxygen atoms in total. The summed E-state index contributed by atoms with van der Waals surface area (Å²) < 4.78 is 7.17. The Kier molecular flexibility index (Phi) is 6.85. The Bertz CT molecular complexity index is 1130. The van der Waals surface area contributed by atoms with E-state index in [1.54, 1.807) is 24.3 Å². The third kappa shape index (κ3) is 5.18. The first kappa shape index (κ1) is 22.2. The second-order valence-electron chi connectivity index (χ2n) is 7.76. The average molecular weight is 418 g/mol. The quantitative estimate of drug-likeness (QED) is 0.378. The number of aromatic nitrogens is 1. The van der Waals surface area contributed by atoms with Crippen LogP contribution in [0, 0.1) is 27.7 Å². The van der Waals surface area contributed by atoms with E-state index in [0.717, 1.165) is 17.1 Å². The summed E-state index contributed by atoms with van der Waals surface area (Å²) in [6.45, 7) is 7.61. The van der Waals surface area contributed by atoms with Crippen LogP contribution in [0.25, 0.3) is 5.69 Å². The fraction of sp³-hybridized carbons (Fsp3) is 0.269. The highest BCUT2D eigenvalue weighted by Gasteiger charge is 2.19. The fourth-order valence-corrected chi connectivity index (χ4v) is 3.59. The van der Waals surface area contributed by atoms with Crippen LogP contribution in [0.2, 0.25) is 0 Å². The van der Waals surface area contributed by atoms with E-state index in [4.69, 9.17) is 4.74 Å². The molecule has 160 valence electrons. The summed E-state index contributed by atoms with van der Waals surface area (Å²) in [7, 11) is 0. The molecule has 0 atom stereocenters. The van der Waals surface area contributed by atoms with Crippen LogP contribution in [0.5, 0.6) is 0 Å². The lowest BCUT2D eigenvalue weighted by Crippen LogP contribution is -2.15. The van der Waals surface area contributed by atoms with Gasteiger partial charge in [-0.25, -0.2) is 0 Å². The van der Waals surface area contributed by atoms with Crippen molar-refractivity contribution in [2.45, 2.75) is 40.5 Å². The predicted molar refractivity (Wildman–Crippen MR) is 120 cm³/mol. The highest BCUT2D eigenvalue weighted by atomic mass is 16.5. The molecular weight excluding hydrogens is 390 g/mol. The SMILES string of the molecule is Cc1ccc(-n2c(C)cc(C(=O)COC(=O)CCC(=O)c3ccccc3)c2C)cc1C. The lowest BCUT2D eigenvalue weighted by Gasteiger charge is -2.12. The van der Waals surface area contributed by atoms with E-state index in [0.29, 0.717) is 11.1 Å². The van der Waals surface area contributed by atoms with Crippen LogP contribution in [-0.4, -0.2) is 28.7 Å². The number of carbonyl (C=O) groups excluding carboxylic acids is 3. The molecule has 0 saturated carbocycles. The van der Waals surface area contributed by atoms with Crippen molar-refractivity contribution in [3.8, 4) is 5.69 Å². The molecule has 0 unspecified atom stereocenters. The molecule has 5 heteroatoms. The van der Waals surface area contributed by atoms with Crippen molar-refractivity contribution in [1.82, 2.24) is 4.57 Å². The molecule has 0 bridgehead atoms. The van der Waals surface area contributed by atoms with E-state index in [2.05, 4.69) is 26.0 Å². The van der Waals surface area contributed by atoms with Crippen molar-refractivity contribution in [3.05, 3.63) is 88.2 Å². The fourth-order valence-electron chi connectivity index (χ4n) is 3.59. The van der Waals surface area contributed by atoms with E-state index >= 15 is 0 Å². The van der Waals surface area contributed by atoms with Crippen LogP contribution >= 0.6 is 0 Å². The van der Waals surface area contributed by atoms with Crippen molar-refractivity contribution in [3.63, 3.8) is 0 Å². The molecule has 0 radical (unpaired) electrons. The summed E-state index contributed by atoms with van der Waals surface area (Å²) in [6.07, 6.45) is 0.000990. The van der Waals surface area contributed by atoms with E-state index in [9.17, 15) is 14.4 Å². The molecule has 0 fully saturated rings. The minimum atomic E-state index is -0.555. The summed E-state index contributed by atoms with van der Waals surface area (Å²) >= 11 is 0. The molecule has 1 aromatic heterocycles. The van der Waals surface area contributed by atoms with Crippen LogP contribution in [0.15, 0.2) is 54.6 Å². The van der Waals surface area contributed by atoms with Crippen LogP contribution in [0.1, 0.15) is 56.1 Å². The van der Waals surface area contributed by atoms with Crippen LogP contribution in [0.4, 0.5) is 0 Å². The minimum Gasteiger partial charge on any atom is -0.457 e. The zero-order valence-corrected chi connectivity index (χ0v) is 18.4. The number of rotatable bonds is 8. The molecule has 0 aliphatic carbocycles. The molecule has 0 N–H and O–H groups in total. The molecule has 1 heterocycles. The second-order valence-corrected chi connectivity index (χ2v) is 7.76. The molecular formula is C26H27NO4. The summed E-state index contributed by atoms with van der Waals surface area (Å²) in [5, 5.41) is 0. The molecule has 2 aromatic carbocycles. The third-order valence-corrected chi connectivity index (χ3v) is 5.50. The summed E-state index contributed by atoms with van der Waals surface area (Å²) in [5.41, 5.74) is 6.21. The normalized spacial score (nSPS) is 10.7. The second kappa shape index (κ2) is 9.56. The van der Waals surface area contributed by atoms with Gasteiger partial charge in [0, 0.05) is 34.6 Å². The van der Waals surface area contributed by atoms with Gasteiger partial charge in [-0.1, -0.05) is 36.4 Å². The maximum absolute atomic E-state index is 12.7. The topological polar surface area (TPSA) is 65.4 Å². The molecule has 31 heavy (non-hydrogen) atoms. The zero-order valence-electron chi connectivity index (χ0n) is 18.4. The third-order valence-electron chi connectivity index (χ3n) is 5.50. The predicted octanol–water partition coefficient (Wildman–Crippen LogP) is 5.10. The number of ether oxygens (including phenoxy) is 1. The number of benzene rings is 2. The number of aryl methyl sites for hydroxylation is 3. The first-order chi connectivity index (χ1) is 14.8. The number of hydrogen-bond acceptors (Lipinski definition) is 4. The summed E-state index contributed by atoms with van der Waals surface area (Å²) in [5.74, 6) is -0.938. The van der Waals surface area contributed by atoms with Gasteiger partial charge in [0.05, 0.1) is 6.42 Å². The van der Waals surface area contributed by atoms with Gasteiger partial charge in [-0.3, -0.25) is 14.4 Å². The van der Waals surface area contributed by atoms with Crippen molar-refractivity contribution >= 4 is 17.5 Å². The Hall–Kier alpha value is -3.47. The van der Waals surface area contributed by atoms with Crippen LogP contribution < -0.4 is 0 Å². The van der Waals surface area contributed by atoms with E-state index in [-0.39, 0.29) is 31.0 Å². The number of Topliss-reactive ketones (excluding diaryl/α,β-unsaturated/α-hetero) is 2. The Morgan fingerprint density at radius 2 is 1.52 bits per heavy atom. The average Bonchev–Trinajstić information content (AvgIpc) is 3.07. The molecule has 3 aromatic rings. The Balaban J connectivity index is 1.61. The van der Waals surface area contributed by atoms with Gasteiger partial charge in [0.25, 0.3) is 0 Å². The molecule has 0 amide bonds. The van der Waals surface area contributed by atoms with Crippen LogP contribution in [0.3, 0.4) is 0 Å².